The van der Waals surface area contributed by atoms with Crippen LogP contribution in [0.2, 0.25) is 0 Å². The van der Waals surface area contributed by atoms with Crippen molar-refractivity contribution in [3.05, 3.63) is 0 Å². The molecule has 0 aromatic rings. The molecule has 0 bridgehead atoms. The Labute approximate surface area is 386 Å². The molecule has 0 aliphatic carbocycles. The molecule has 2 unspecified atom stereocenters. The van der Waals surface area contributed by atoms with E-state index in [0.29, 0.717) is 62.8 Å². The number of amides is 6. The zero-order chi connectivity index (χ0) is 46.8. The Balaban J connectivity index is 1.63. The number of hydrogen-bond acceptors (Lipinski definition) is 13. The number of nitrogens with one attached hydrogen (secondary N) is 1. The van der Waals surface area contributed by atoms with E-state index < -0.39 is 23.0 Å². The van der Waals surface area contributed by atoms with Crippen LogP contribution in [0.4, 0.5) is 0 Å². The van der Waals surface area contributed by atoms with E-state index in [1.54, 1.807) is 7.11 Å². The van der Waals surface area contributed by atoms with E-state index in [1.807, 2.05) is 30.5 Å². The summed E-state index contributed by atoms with van der Waals surface area (Å²) in [5.41, 5.74) is -0.674. The molecule has 2 atom stereocenters. The van der Waals surface area contributed by atoms with Gasteiger partial charge in [-0.1, -0.05) is 39.5 Å². The first kappa shape index (κ1) is 56.4. The molecule has 2 rings (SSSR count). The standard InChI is InChI=1S/C46H80N4O11S2/c1-35(2)36(32-45(3,4)60-34-46(5,6)58-7)33-59-28-18-24-47-38(51)23-27-49-42(55)31-37(44(49)57)63-30-16-12-10-14-26-48(25-13-9-11-15-29-62-8)39(52)19-17-20-43(56)61-50-40(53)21-22-41(50)54/h35-37H,9-34H2,1-8H3,(H,47,51). The van der Waals surface area contributed by atoms with E-state index in [4.69, 9.17) is 19.0 Å². The summed E-state index contributed by atoms with van der Waals surface area (Å²) in [5.74, 6) is 0.144. The second-order valence-corrected chi connectivity index (χ2v) is 20.6. The van der Waals surface area contributed by atoms with Crippen LogP contribution < -0.4 is 5.32 Å². The van der Waals surface area contributed by atoms with Gasteiger partial charge in [-0.2, -0.15) is 11.8 Å². The molecule has 2 saturated heterocycles. The number of likely N-dealkylation sites (tertiary alicyclic amines) is 1. The largest absolute Gasteiger partial charge is 0.381 e. The van der Waals surface area contributed by atoms with Crippen molar-refractivity contribution in [1.82, 2.24) is 20.2 Å². The molecular formula is C46H80N4O11S2. The second kappa shape index (κ2) is 30.5. The first-order valence-corrected chi connectivity index (χ1v) is 25.7. The molecule has 15 nitrogen and oxygen atoms in total. The Kier molecular flexibility index (Phi) is 27.3. The molecule has 0 spiro atoms. The third-order valence-electron chi connectivity index (χ3n) is 11.4. The van der Waals surface area contributed by atoms with Gasteiger partial charge in [0, 0.05) is 85.0 Å². The number of hydrogen-bond donors (Lipinski definition) is 1. The van der Waals surface area contributed by atoms with Crippen LogP contribution in [0.1, 0.15) is 151 Å². The van der Waals surface area contributed by atoms with E-state index in [-0.39, 0.29) is 86.3 Å². The summed E-state index contributed by atoms with van der Waals surface area (Å²) >= 11 is 3.32. The Morgan fingerprint density at radius 1 is 0.810 bits per heavy atom. The summed E-state index contributed by atoms with van der Waals surface area (Å²) in [6.45, 7) is 16.0. The molecule has 0 saturated carbocycles. The minimum absolute atomic E-state index is 0.0245. The number of ether oxygens (including phenoxy) is 3. The van der Waals surface area contributed by atoms with Crippen LogP contribution in [0.25, 0.3) is 0 Å². The van der Waals surface area contributed by atoms with Crippen molar-refractivity contribution >= 4 is 64.9 Å². The number of carbonyl (C=O) groups is 7. The minimum atomic E-state index is -0.700. The van der Waals surface area contributed by atoms with Gasteiger partial charge in [0.15, 0.2) is 0 Å². The predicted molar refractivity (Wildman–Crippen MR) is 248 cm³/mol. The van der Waals surface area contributed by atoms with Gasteiger partial charge in [-0.05, 0) is 102 Å². The lowest BCUT2D eigenvalue weighted by Crippen LogP contribution is -2.38. The SMILES string of the molecule is COC(C)(C)COC(C)(C)CC(COCCCNC(=O)CCN1C(=O)CC(SCCCCCCN(CCCCCCSC)C(=O)CCCC(=O)ON2C(=O)CCC2=O)C1=O)C(C)C. The molecule has 2 aliphatic heterocycles. The molecule has 2 fully saturated rings. The van der Waals surface area contributed by atoms with E-state index in [9.17, 15) is 33.6 Å². The summed E-state index contributed by atoms with van der Waals surface area (Å²) < 4.78 is 17.7. The third-order valence-corrected chi connectivity index (χ3v) is 13.4. The highest BCUT2D eigenvalue weighted by atomic mass is 32.2. The van der Waals surface area contributed by atoms with Crippen LogP contribution in [0.5, 0.6) is 0 Å². The van der Waals surface area contributed by atoms with Crippen LogP contribution >= 0.6 is 23.5 Å². The molecule has 0 aromatic carbocycles. The van der Waals surface area contributed by atoms with E-state index in [1.165, 1.54) is 16.7 Å². The summed E-state index contributed by atoms with van der Waals surface area (Å²) in [4.78, 5) is 95.2. The maximum Gasteiger partial charge on any atom is 0.333 e. The normalized spacial score (nSPS) is 16.4. The molecule has 1 N–H and O–H groups in total. The number of thioether (sulfide) groups is 2. The monoisotopic (exact) mass is 929 g/mol. The van der Waals surface area contributed by atoms with Crippen molar-refractivity contribution in [2.24, 2.45) is 11.8 Å². The van der Waals surface area contributed by atoms with Crippen molar-refractivity contribution < 1.29 is 52.6 Å². The lowest BCUT2D eigenvalue weighted by molar-refractivity contribution is -0.197. The van der Waals surface area contributed by atoms with Crippen molar-refractivity contribution in [1.29, 1.82) is 0 Å². The lowest BCUT2D eigenvalue weighted by Gasteiger charge is -2.35. The van der Waals surface area contributed by atoms with Gasteiger partial charge >= 0.3 is 5.97 Å². The molecule has 2 heterocycles. The van der Waals surface area contributed by atoms with Gasteiger partial charge in [0.25, 0.3) is 11.8 Å². The number of carbonyl (C=O) groups excluding carboxylic acids is 7. The number of hydroxylamine groups is 2. The fraction of sp³-hybridized carbons (Fsp3) is 0.848. The van der Waals surface area contributed by atoms with Gasteiger partial charge < -0.3 is 29.3 Å². The van der Waals surface area contributed by atoms with E-state index >= 15 is 0 Å². The number of nitrogens with zero attached hydrogens (tertiary/aromatic N) is 3. The zero-order valence-corrected chi connectivity index (χ0v) is 41.4. The zero-order valence-electron chi connectivity index (χ0n) is 39.8. The fourth-order valence-electron chi connectivity index (χ4n) is 7.16. The van der Waals surface area contributed by atoms with Crippen molar-refractivity contribution in [3.8, 4) is 0 Å². The maximum atomic E-state index is 13.2. The number of unbranched alkanes of at least 4 members (excludes halogenated alkanes) is 6. The lowest BCUT2D eigenvalue weighted by atomic mass is 9.86. The predicted octanol–water partition coefficient (Wildman–Crippen LogP) is 6.73. The highest BCUT2D eigenvalue weighted by molar-refractivity contribution is 8.00. The number of methoxy groups -OCH3 is 1. The average Bonchev–Trinajstić information content (AvgIpc) is 3.69. The molecule has 362 valence electrons. The smallest absolute Gasteiger partial charge is 0.333 e. The Bertz CT molecular complexity index is 1430. The van der Waals surface area contributed by atoms with E-state index in [2.05, 4.69) is 39.3 Å². The van der Waals surface area contributed by atoms with Crippen molar-refractivity contribution in [2.75, 3.05) is 70.9 Å². The first-order chi connectivity index (χ1) is 29.9. The highest BCUT2D eigenvalue weighted by Gasteiger charge is 2.38. The van der Waals surface area contributed by atoms with Gasteiger partial charge in [-0.25, -0.2) is 4.79 Å². The number of rotatable bonds is 36. The molecule has 63 heavy (non-hydrogen) atoms. The van der Waals surface area contributed by atoms with Crippen LogP contribution in [-0.2, 0) is 52.6 Å². The summed E-state index contributed by atoms with van der Waals surface area (Å²) in [6, 6.07) is 0. The van der Waals surface area contributed by atoms with Crippen molar-refractivity contribution in [3.63, 3.8) is 0 Å². The summed E-state index contributed by atoms with van der Waals surface area (Å²) in [5, 5.41) is 2.99. The van der Waals surface area contributed by atoms with E-state index in [0.717, 1.165) is 69.3 Å². The Hall–Kier alpha value is -2.73. The highest BCUT2D eigenvalue weighted by Crippen LogP contribution is 2.29. The minimum Gasteiger partial charge on any atom is -0.381 e. The van der Waals surface area contributed by atoms with Gasteiger partial charge in [-0.3, -0.25) is 33.7 Å². The molecule has 0 radical (unpaired) electrons. The van der Waals surface area contributed by atoms with Gasteiger partial charge in [0.1, 0.15) is 0 Å². The Morgan fingerprint density at radius 3 is 2.06 bits per heavy atom. The quantitative estimate of drug-likeness (QED) is 0.0517. The third kappa shape index (κ3) is 23.3. The first-order valence-electron chi connectivity index (χ1n) is 23.2. The molecule has 0 aromatic heterocycles. The van der Waals surface area contributed by atoms with Crippen LogP contribution in [-0.4, -0.2) is 144 Å². The Morgan fingerprint density at radius 2 is 1.44 bits per heavy atom. The van der Waals surface area contributed by atoms with Crippen LogP contribution in [0, 0.1) is 11.8 Å². The van der Waals surface area contributed by atoms with Crippen LogP contribution in [0.15, 0.2) is 0 Å². The second-order valence-electron chi connectivity index (χ2n) is 18.3. The van der Waals surface area contributed by atoms with Crippen LogP contribution in [0.3, 0.4) is 0 Å². The van der Waals surface area contributed by atoms with Gasteiger partial charge in [0.05, 0.1) is 23.1 Å². The molecule has 2 aliphatic rings. The number of imide groups is 2. The van der Waals surface area contributed by atoms with Gasteiger partial charge in [0.2, 0.25) is 23.6 Å². The molecule has 17 heteroatoms. The fourth-order valence-corrected chi connectivity index (χ4v) is 8.84. The summed E-state index contributed by atoms with van der Waals surface area (Å²) in [6.07, 6.45) is 12.0. The molecule has 6 amide bonds. The van der Waals surface area contributed by atoms with Gasteiger partial charge in [-0.15, -0.1) is 16.8 Å². The average molecular weight is 929 g/mol. The summed E-state index contributed by atoms with van der Waals surface area (Å²) in [7, 11) is 1.69. The maximum absolute atomic E-state index is 13.2. The van der Waals surface area contributed by atoms with Crippen molar-refractivity contribution in [2.45, 2.75) is 167 Å². The molecular weight excluding hydrogens is 849 g/mol. The topological polar surface area (TPSA) is 178 Å².